The Bertz CT molecular complexity index is 925. The fourth-order valence-corrected chi connectivity index (χ4v) is 4.82. The van der Waals surface area contributed by atoms with Crippen LogP contribution in [-0.2, 0) is 9.53 Å². The van der Waals surface area contributed by atoms with Crippen LogP contribution in [0, 0.1) is 5.92 Å². The van der Waals surface area contributed by atoms with E-state index in [9.17, 15) is 9.59 Å². The summed E-state index contributed by atoms with van der Waals surface area (Å²) in [6.07, 6.45) is 3.97. The zero-order chi connectivity index (χ0) is 19.8. The fourth-order valence-electron chi connectivity index (χ4n) is 4.82. The first kappa shape index (κ1) is 18.6. The van der Waals surface area contributed by atoms with E-state index in [1.54, 1.807) is 0 Å². The second-order valence-corrected chi connectivity index (χ2v) is 8.33. The highest BCUT2D eigenvalue weighted by Crippen LogP contribution is 2.37. The summed E-state index contributed by atoms with van der Waals surface area (Å²) in [6, 6.07) is 12.0. The Balaban J connectivity index is 1.18. The Morgan fingerprint density at radius 3 is 2.66 bits per heavy atom. The molecule has 0 spiro atoms. The summed E-state index contributed by atoms with van der Waals surface area (Å²) in [4.78, 5) is 29.6. The van der Waals surface area contributed by atoms with Gasteiger partial charge in [-0.1, -0.05) is 24.3 Å². The average molecular weight is 393 g/mol. The third kappa shape index (κ3) is 3.51. The maximum Gasteiger partial charge on any atom is 0.260 e. The van der Waals surface area contributed by atoms with E-state index in [-0.39, 0.29) is 23.8 Å². The molecule has 0 unspecified atom stereocenters. The maximum atomic E-state index is 13.0. The number of hydrogen-bond donors (Lipinski definition) is 1. The van der Waals surface area contributed by atoms with E-state index in [2.05, 4.69) is 22.3 Å². The van der Waals surface area contributed by atoms with Gasteiger partial charge in [0.15, 0.2) is 0 Å². The monoisotopic (exact) mass is 393 g/mol. The van der Waals surface area contributed by atoms with Crippen molar-refractivity contribution in [1.82, 2.24) is 10.2 Å². The van der Waals surface area contributed by atoms with Crippen molar-refractivity contribution in [2.75, 3.05) is 37.8 Å². The number of carbonyl (C=O) groups excluding carboxylic acids is 2. The van der Waals surface area contributed by atoms with Crippen LogP contribution in [0.25, 0.3) is 10.8 Å². The van der Waals surface area contributed by atoms with Gasteiger partial charge in [-0.3, -0.25) is 19.4 Å². The molecular formula is C23H27N3O3. The summed E-state index contributed by atoms with van der Waals surface area (Å²) in [7, 11) is 0. The lowest BCUT2D eigenvalue weighted by Crippen LogP contribution is -2.46. The number of piperidine rings is 1. The zero-order valence-corrected chi connectivity index (χ0v) is 16.6. The van der Waals surface area contributed by atoms with Gasteiger partial charge in [0, 0.05) is 43.1 Å². The van der Waals surface area contributed by atoms with Crippen LogP contribution in [0.5, 0.6) is 0 Å². The van der Waals surface area contributed by atoms with Crippen LogP contribution >= 0.6 is 0 Å². The van der Waals surface area contributed by atoms with E-state index in [1.807, 2.05) is 29.2 Å². The topological polar surface area (TPSA) is 61.9 Å². The van der Waals surface area contributed by atoms with Crippen molar-refractivity contribution in [2.45, 2.75) is 31.8 Å². The van der Waals surface area contributed by atoms with Crippen molar-refractivity contribution in [2.24, 2.45) is 5.92 Å². The van der Waals surface area contributed by atoms with Crippen LogP contribution in [-0.4, -0.2) is 55.7 Å². The summed E-state index contributed by atoms with van der Waals surface area (Å²) in [5.41, 5.74) is 1.79. The van der Waals surface area contributed by atoms with Crippen molar-refractivity contribution in [1.29, 1.82) is 0 Å². The third-order valence-corrected chi connectivity index (χ3v) is 6.48. The largest absolute Gasteiger partial charge is 0.376 e. The Morgan fingerprint density at radius 2 is 1.90 bits per heavy atom. The summed E-state index contributed by atoms with van der Waals surface area (Å²) in [6.45, 7) is 3.68. The molecule has 1 atom stereocenters. The van der Waals surface area contributed by atoms with Crippen LogP contribution in [0.15, 0.2) is 36.4 Å². The van der Waals surface area contributed by atoms with E-state index < -0.39 is 0 Å². The molecular weight excluding hydrogens is 366 g/mol. The highest BCUT2D eigenvalue weighted by atomic mass is 16.5. The molecule has 3 aliphatic heterocycles. The van der Waals surface area contributed by atoms with Gasteiger partial charge in [0.25, 0.3) is 5.91 Å². The Kier molecular flexibility index (Phi) is 4.97. The number of hydrogen-bond acceptors (Lipinski definition) is 4. The minimum absolute atomic E-state index is 0.0579. The molecule has 0 aromatic heterocycles. The predicted octanol–water partition coefficient (Wildman–Crippen LogP) is 2.76. The first-order chi connectivity index (χ1) is 14.2. The molecule has 29 heavy (non-hydrogen) atoms. The Labute approximate surface area is 170 Å². The molecule has 2 amide bonds. The number of benzene rings is 2. The molecule has 6 heteroatoms. The van der Waals surface area contributed by atoms with Gasteiger partial charge >= 0.3 is 0 Å². The minimum Gasteiger partial charge on any atom is -0.376 e. The lowest BCUT2D eigenvalue weighted by molar-refractivity contribution is -0.126. The first-order valence-corrected chi connectivity index (χ1v) is 10.7. The summed E-state index contributed by atoms with van der Waals surface area (Å²) in [5, 5.41) is 5.23. The molecule has 1 N–H and O–H groups in total. The number of anilines is 1. The maximum absolute atomic E-state index is 13.0. The van der Waals surface area contributed by atoms with Gasteiger partial charge in [0.05, 0.1) is 18.5 Å². The Hall–Kier alpha value is -2.44. The highest BCUT2D eigenvalue weighted by Gasteiger charge is 2.32. The van der Waals surface area contributed by atoms with Gasteiger partial charge in [0.2, 0.25) is 5.91 Å². The second kappa shape index (κ2) is 7.76. The van der Waals surface area contributed by atoms with E-state index in [4.69, 9.17) is 4.74 Å². The van der Waals surface area contributed by atoms with Crippen molar-refractivity contribution in [3.05, 3.63) is 42.0 Å². The second-order valence-electron chi connectivity index (χ2n) is 8.33. The Morgan fingerprint density at radius 1 is 1.10 bits per heavy atom. The van der Waals surface area contributed by atoms with E-state index in [0.717, 1.165) is 67.4 Å². The van der Waals surface area contributed by atoms with Crippen LogP contribution < -0.4 is 10.2 Å². The van der Waals surface area contributed by atoms with Gasteiger partial charge in [-0.25, -0.2) is 0 Å². The SMILES string of the molecule is O=C(NC[C@H]1CCCO1)C1CCN(CN2C(=O)c3cccc4cccc2c34)CC1. The van der Waals surface area contributed by atoms with Crippen LogP contribution in [0.4, 0.5) is 5.69 Å². The highest BCUT2D eigenvalue weighted by molar-refractivity contribution is 6.24. The normalized spacial score (nSPS) is 22.6. The minimum atomic E-state index is 0.0579. The molecule has 2 saturated heterocycles. The molecule has 5 rings (SSSR count). The van der Waals surface area contributed by atoms with Gasteiger partial charge in [0.1, 0.15) is 0 Å². The zero-order valence-electron chi connectivity index (χ0n) is 16.6. The number of likely N-dealkylation sites (tertiary alicyclic amines) is 1. The first-order valence-electron chi connectivity index (χ1n) is 10.7. The summed E-state index contributed by atoms with van der Waals surface area (Å²) in [5.74, 6) is 0.283. The van der Waals surface area contributed by atoms with Gasteiger partial charge in [-0.2, -0.15) is 0 Å². The van der Waals surface area contributed by atoms with Crippen LogP contribution in [0.3, 0.4) is 0 Å². The van der Waals surface area contributed by atoms with E-state index in [0.29, 0.717) is 13.2 Å². The van der Waals surface area contributed by atoms with Gasteiger partial charge in [-0.05, 0) is 43.2 Å². The third-order valence-electron chi connectivity index (χ3n) is 6.48. The lowest BCUT2D eigenvalue weighted by atomic mass is 9.96. The van der Waals surface area contributed by atoms with Crippen LogP contribution in [0.2, 0.25) is 0 Å². The van der Waals surface area contributed by atoms with Gasteiger partial charge in [-0.15, -0.1) is 0 Å². The van der Waals surface area contributed by atoms with Crippen molar-refractivity contribution >= 4 is 28.3 Å². The molecule has 3 heterocycles. The molecule has 2 fully saturated rings. The quantitative estimate of drug-likeness (QED) is 0.849. The molecule has 2 aromatic carbocycles. The smallest absolute Gasteiger partial charge is 0.260 e. The standard InChI is InChI=1S/C23H27N3O3/c27-22(24-14-18-6-3-13-29-18)17-9-11-25(12-10-17)15-26-20-8-2-5-16-4-1-7-19(21(16)20)23(26)28/h1-2,4-5,7-8,17-18H,3,6,9-15H2,(H,24,27)/t18-/m1/s1. The van der Waals surface area contributed by atoms with Crippen LogP contribution in [0.1, 0.15) is 36.0 Å². The molecule has 2 aromatic rings. The summed E-state index contributed by atoms with van der Waals surface area (Å²) >= 11 is 0. The fraction of sp³-hybridized carbons (Fsp3) is 0.478. The predicted molar refractivity (Wildman–Crippen MR) is 112 cm³/mol. The molecule has 0 radical (unpaired) electrons. The molecule has 6 nitrogen and oxygen atoms in total. The summed E-state index contributed by atoms with van der Waals surface area (Å²) < 4.78 is 5.58. The lowest BCUT2D eigenvalue weighted by Gasteiger charge is -2.34. The molecule has 0 bridgehead atoms. The number of rotatable bonds is 5. The van der Waals surface area contributed by atoms with Gasteiger partial charge < -0.3 is 10.1 Å². The molecule has 0 saturated carbocycles. The van der Waals surface area contributed by atoms with Crippen molar-refractivity contribution in [3.63, 3.8) is 0 Å². The average Bonchev–Trinajstić information content (AvgIpc) is 3.37. The van der Waals surface area contributed by atoms with Crippen molar-refractivity contribution < 1.29 is 14.3 Å². The van der Waals surface area contributed by atoms with E-state index >= 15 is 0 Å². The van der Waals surface area contributed by atoms with E-state index in [1.165, 1.54) is 0 Å². The molecule has 0 aliphatic carbocycles. The molecule has 3 aliphatic rings. The number of ether oxygens (including phenoxy) is 1. The van der Waals surface area contributed by atoms with Crippen molar-refractivity contribution in [3.8, 4) is 0 Å². The number of carbonyl (C=O) groups is 2. The number of nitrogens with one attached hydrogen (secondary N) is 1. The molecule has 152 valence electrons. The number of nitrogens with zero attached hydrogens (tertiary/aromatic N) is 2. The number of amides is 2.